The van der Waals surface area contributed by atoms with Crippen LogP contribution >= 0.6 is 0 Å². The molecule has 0 saturated carbocycles. The van der Waals surface area contributed by atoms with Gasteiger partial charge < -0.3 is 5.53 Å². The van der Waals surface area contributed by atoms with E-state index in [1.54, 1.807) is 0 Å². The van der Waals surface area contributed by atoms with Gasteiger partial charge in [0.15, 0.2) is 0 Å². The van der Waals surface area contributed by atoms with E-state index >= 15 is 0 Å². The van der Waals surface area contributed by atoms with Crippen molar-refractivity contribution in [2.45, 2.75) is 104 Å². The number of unbranched alkanes of at least 4 members (excludes halogenated alkanes) is 7. The number of allylic oxidation sites excluding steroid dienone is 2. The average Bonchev–Trinajstić information content (AvgIpc) is 3.20. The number of nitrogens with zero attached hydrogens (tertiary/aromatic N) is 2. The maximum atomic E-state index is 11.3. The minimum absolute atomic E-state index is 0.891. The number of benzene rings is 2. The first kappa shape index (κ1) is 26.1. The van der Waals surface area contributed by atoms with Gasteiger partial charge >= 0.3 is 0 Å². The Balaban J connectivity index is 1.72. The predicted octanol–water partition coefficient (Wildman–Crippen LogP) is 9.92. The Morgan fingerprint density at radius 2 is 1.06 bits per heavy atom. The monoisotopic (exact) mass is 456 g/mol. The Hall–Kier alpha value is -2.48. The molecule has 0 saturated heterocycles. The lowest BCUT2D eigenvalue weighted by atomic mass is 10.00. The van der Waals surface area contributed by atoms with Crippen LogP contribution in [-0.2, 0) is 12.8 Å². The van der Waals surface area contributed by atoms with Crippen molar-refractivity contribution in [1.82, 2.24) is 0 Å². The summed E-state index contributed by atoms with van der Waals surface area (Å²) in [5.74, 6) is 0. The molecule has 0 radical (unpaired) electrons. The van der Waals surface area contributed by atoms with E-state index in [-0.39, 0.29) is 0 Å². The molecule has 0 bridgehead atoms. The van der Waals surface area contributed by atoms with Crippen LogP contribution in [0.4, 0.5) is 0 Å². The second-order valence-electron chi connectivity index (χ2n) is 9.83. The molecule has 1 heterocycles. The summed E-state index contributed by atoms with van der Waals surface area (Å²) in [6.45, 7) is 6.74. The number of rotatable bonds is 15. The minimum atomic E-state index is 0.891. The fourth-order valence-electron chi connectivity index (χ4n) is 4.81. The molecule has 0 amide bonds. The van der Waals surface area contributed by atoms with Gasteiger partial charge in [-0.05, 0) is 73.9 Å². The van der Waals surface area contributed by atoms with Crippen LogP contribution in [0.1, 0.15) is 114 Å². The first-order valence-electron chi connectivity index (χ1n) is 13.8. The van der Waals surface area contributed by atoms with E-state index < -0.39 is 0 Å². The van der Waals surface area contributed by atoms with Crippen LogP contribution in [-0.4, -0.2) is 4.70 Å². The van der Waals surface area contributed by atoms with E-state index in [4.69, 9.17) is 0 Å². The fourth-order valence-corrected chi connectivity index (χ4v) is 4.81. The summed E-state index contributed by atoms with van der Waals surface area (Å²) in [5, 5.41) is 0. The van der Waals surface area contributed by atoms with Gasteiger partial charge in [0.25, 0.3) is 0 Å². The van der Waals surface area contributed by atoms with Crippen molar-refractivity contribution in [2.24, 2.45) is 0 Å². The van der Waals surface area contributed by atoms with Crippen LogP contribution in [0.2, 0.25) is 0 Å². The third-order valence-electron chi connectivity index (χ3n) is 6.97. The van der Waals surface area contributed by atoms with Crippen molar-refractivity contribution < 1.29 is 4.70 Å². The topological polar surface area (TPSA) is 25.3 Å². The summed E-state index contributed by atoms with van der Waals surface area (Å²) in [5.41, 5.74) is 19.3. The van der Waals surface area contributed by atoms with Crippen LogP contribution in [0.15, 0.2) is 60.2 Å². The summed E-state index contributed by atoms with van der Waals surface area (Å²) >= 11 is 0. The molecule has 0 unspecified atom stereocenters. The maximum absolute atomic E-state index is 11.3. The zero-order chi connectivity index (χ0) is 24.2. The normalized spacial score (nSPS) is 13.6. The Labute approximate surface area is 208 Å². The maximum Gasteiger partial charge on any atom is 0.210 e. The van der Waals surface area contributed by atoms with E-state index in [0.29, 0.717) is 0 Å². The molecular weight excluding hydrogens is 412 g/mol. The molecule has 2 aromatic carbocycles. The molecule has 2 nitrogen and oxygen atoms in total. The minimum Gasteiger partial charge on any atom is -0.493 e. The summed E-state index contributed by atoms with van der Waals surface area (Å²) < 4.78 is 1.43. The van der Waals surface area contributed by atoms with Gasteiger partial charge in [0.1, 0.15) is 0 Å². The van der Waals surface area contributed by atoms with Gasteiger partial charge in [0.05, 0.1) is 0 Å². The second-order valence-corrected chi connectivity index (χ2v) is 9.83. The predicted molar refractivity (Wildman–Crippen MR) is 147 cm³/mol. The molecule has 1 aliphatic rings. The fraction of sp³-hybridized carbons (Fsp3) is 0.500. The van der Waals surface area contributed by atoms with E-state index in [0.717, 1.165) is 54.6 Å². The zero-order valence-corrected chi connectivity index (χ0v) is 21.8. The van der Waals surface area contributed by atoms with Crippen molar-refractivity contribution >= 4 is 11.4 Å². The highest BCUT2D eigenvalue weighted by molar-refractivity contribution is 5.78. The molecule has 0 N–H and O–H groups in total. The molecule has 1 aliphatic heterocycles. The summed E-state index contributed by atoms with van der Waals surface area (Å²) in [4.78, 5) is 0. The van der Waals surface area contributed by atoms with E-state index in [1.807, 2.05) is 0 Å². The van der Waals surface area contributed by atoms with Crippen molar-refractivity contribution in [3.8, 4) is 0 Å². The standard InChI is InChI=1S/C32H44N2/c1-4-7-10-12-14-26-17-21-28(22-18-26)31-25-30(16-9-6-3)32(34(31)33)29-23-19-27(20-24-29)15-13-11-8-5-2/h17-25H,4-16H2,1-3H3. The van der Waals surface area contributed by atoms with Crippen LogP contribution in [0.25, 0.3) is 16.9 Å². The largest absolute Gasteiger partial charge is 0.493 e. The molecule has 2 aromatic rings. The Bertz CT molecular complexity index is 961. The lowest BCUT2D eigenvalue weighted by molar-refractivity contribution is -0.344. The molecule has 182 valence electrons. The van der Waals surface area contributed by atoms with Crippen molar-refractivity contribution in [1.29, 1.82) is 0 Å². The van der Waals surface area contributed by atoms with Crippen LogP contribution in [0, 0.1) is 0 Å². The highest BCUT2D eigenvalue weighted by atomic mass is 15.2. The lowest BCUT2D eigenvalue weighted by Crippen LogP contribution is -2.02. The smallest absolute Gasteiger partial charge is 0.210 e. The molecular formula is C32H44N2. The summed E-state index contributed by atoms with van der Waals surface area (Å²) in [6.07, 6.45) is 18.0. The molecule has 2 heteroatoms. The van der Waals surface area contributed by atoms with Crippen LogP contribution in [0.5, 0.6) is 0 Å². The molecule has 0 aliphatic carbocycles. The Morgan fingerprint density at radius 1 is 0.559 bits per heavy atom. The van der Waals surface area contributed by atoms with Crippen LogP contribution in [0.3, 0.4) is 0 Å². The van der Waals surface area contributed by atoms with Gasteiger partial charge in [0, 0.05) is 22.8 Å². The summed E-state index contributed by atoms with van der Waals surface area (Å²) in [7, 11) is 0. The van der Waals surface area contributed by atoms with Gasteiger partial charge in [-0.1, -0.05) is 90.0 Å². The molecule has 3 rings (SSSR count). The van der Waals surface area contributed by atoms with Gasteiger partial charge in [-0.2, -0.15) is 0 Å². The molecule has 0 fully saturated rings. The van der Waals surface area contributed by atoms with Crippen molar-refractivity contribution in [2.75, 3.05) is 0 Å². The average molecular weight is 457 g/mol. The molecule has 34 heavy (non-hydrogen) atoms. The number of hydrogen-bond acceptors (Lipinski definition) is 0. The van der Waals surface area contributed by atoms with E-state index in [1.165, 1.54) is 72.8 Å². The van der Waals surface area contributed by atoms with Gasteiger partial charge in [-0.25, -0.2) is 4.70 Å². The SMILES string of the molecule is CCCCCCc1ccc(C2=CC(CCCC)=C(c3ccc(CCCCCC)cc3)[N+]2=[N-])cc1. The lowest BCUT2D eigenvalue weighted by Gasteiger charge is -2.11. The molecule has 0 aromatic heterocycles. The highest BCUT2D eigenvalue weighted by Gasteiger charge is 2.28. The molecule has 0 spiro atoms. The quantitative estimate of drug-likeness (QED) is 0.188. The van der Waals surface area contributed by atoms with E-state index in [9.17, 15) is 5.53 Å². The third-order valence-corrected chi connectivity index (χ3v) is 6.97. The van der Waals surface area contributed by atoms with Gasteiger partial charge in [-0.3, -0.25) is 0 Å². The highest BCUT2D eigenvalue weighted by Crippen LogP contribution is 2.37. The van der Waals surface area contributed by atoms with Crippen molar-refractivity contribution in [3.63, 3.8) is 0 Å². The number of hydrogen-bond donors (Lipinski definition) is 0. The second kappa shape index (κ2) is 14.0. The Morgan fingerprint density at radius 3 is 1.56 bits per heavy atom. The van der Waals surface area contributed by atoms with Gasteiger partial charge in [0.2, 0.25) is 11.4 Å². The van der Waals surface area contributed by atoms with Gasteiger partial charge in [-0.15, -0.1) is 0 Å². The van der Waals surface area contributed by atoms with E-state index in [2.05, 4.69) is 75.4 Å². The van der Waals surface area contributed by atoms with Crippen LogP contribution < -0.4 is 0 Å². The summed E-state index contributed by atoms with van der Waals surface area (Å²) in [6, 6.07) is 17.7. The molecule has 0 atom stereocenters. The third kappa shape index (κ3) is 7.26. The number of aryl methyl sites for hydroxylation is 2. The first-order valence-corrected chi connectivity index (χ1v) is 13.8. The first-order chi connectivity index (χ1) is 16.7. The van der Waals surface area contributed by atoms with Crippen molar-refractivity contribution in [3.05, 3.63) is 88.0 Å². The zero-order valence-electron chi connectivity index (χ0n) is 21.8. The Kier molecular flexibility index (Phi) is 10.8.